The highest BCUT2D eigenvalue weighted by Gasteiger charge is 2.22. The van der Waals surface area contributed by atoms with E-state index in [4.69, 9.17) is 19.2 Å². The number of methoxy groups -OCH3 is 2. The first-order valence-corrected chi connectivity index (χ1v) is 9.27. The number of anilines is 1. The van der Waals surface area contributed by atoms with E-state index in [2.05, 4.69) is 22.7 Å². The smallest absolute Gasteiger partial charge is 0.170 e. The number of benzene rings is 1. The molecular formula is C21H25N3O3. The second-order valence-corrected chi connectivity index (χ2v) is 6.75. The van der Waals surface area contributed by atoms with E-state index >= 15 is 0 Å². The molecule has 0 aliphatic carbocycles. The molecule has 142 valence electrons. The summed E-state index contributed by atoms with van der Waals surface area (Å²) in [6.07, 6.45) is 4.47. The Morgan fingerprint density at radius 2 is 2.11 bits per heavy atom. The number of fused-ring (bicyclic) bond motifs is 1. The minimum absolute atomic E-state index is 0.236. The van der Waals surface area contributed by atoms with Gasteiger partial charge < -0.3 is 19.5 Å². The molecular weight excluding hydrogens is 342 g/mol. The summed E-state index contributed by atoms with van der Waals surface area (Å²) in [6, 6.07) is 9.96. The Morgan fingerprint density at radius 3 is 2.85 bits per heavy atom. The first-order valence-electron chi connectivity index (χ1n) is 9.27. The molecule has 1 aliphatic rings. The molecule has 1 aliphatic heterocycles. The summed E-state index contributed by atoms with van der Waals surface area (Å²) < 4.78 is 19.0. The van der Waals surface area contributed by atoms with Gasteiger partial charge in [0.1, 0.15) is 17.2 Å². The Hall–Kier alpha value is -2.73. The third-order valence-electron chi connectivity index (χ3n) is 5.02. The average Bonchev–Trinajstić information content (AvgIpc) is 3.34. The Balaban J connectivity index is 1.84. The van der Waals surface area contributed by atoms with E-state index in [1.807, 2.05) is 30.5 Å². The second kappa shape index (κ2) is 7.48. The summed E-state index contributed by atoms with van der Waals surface area (Å²) in [6.45, 7) is 3.66. The van der Waals surface area contributed by atoms with Crippen molar-refractivity contribution in [2.75, 3.05) is 32.7 Å². The van der Waals surface area contributed by atoms with Crippen molar-refractivity contribution < 1.29 is 14.2 Å². The summed E-state index contributed by atoms with van der Waals surface area (Å²) in [5, 5.41) is 3.57. The van der Waals surface area contributed by atoms with Crippen LogP contribution in [-0.4, -0.2) is 42.9 Å². The minimum atomic E-state index is 0.236. The van der Waals surface area contributed by atoms with Crippen LogP contribution < -0.4 is 14.8 Å². The lowest BCUT2D eigenvalue weighted by Crippen LogP contribution is -2.19. The molecule has 6 nitrogen and oxygen atoms in total. The van der Waals surface area contributed by atoms with Gasteiger partial charge in [0.2, 0.25) is 0 Å². The first kappa shape index (κ1) is 17.7. The van der Waals surface area contributed by atoms with Crippen molar-refractivity contribution in [3.63, 3.8) is 0 Å². The number of aromatic nitrogens is 2. The molecule has 4 rings (SSSR count). The van der Waals surface area contributed by atoms with E-state index in [1.54, 1.807) is 14.2 Å². The summed E-state index contributed by atoms with van der Waals surface area (Å²) in [5.41, 5.74) is 3.78. The Labute approximate surface area is 159 Å². The summed E-state index contributed by atoms with van der Waals surface area (Å²) >= 11 is 0. The fourth-order valence-electron chi connectivity index (χ4n) is 3.65. The number of rotatable bonds is 6. The molecule has 3 heterocycles. The number of hydrogen-bond acceptors (Lipinski definition) is 5. The molecule has 27 heavy (non-hydrogen) atoms. The number of hydrogen-bond donors (Lipinski definition) is 1. The highest BCUT2D eigenvalue weighted by molar-refractivity contribution is 5.82. The van der Waals surface area contributed by atoms with Crippen molar-refractivity contribution in [1.29, 1.82) is 0 Å². The van der Waals surface area contributed by atoms with Crippen LogP contribution in [0.15, 0.2) is 36.5 Å². The third kappa shape index (κ3) is 3.21. The number of ether oxygens (including phenoxy) is 3. The Morgan fingerprint density at radius 1 is 1.22 bits per heavy atom. The van der Waals surface area contributed by atoms with Crippen LogP contribution >= 0.6 is 0 Å². The van der Waals surface area contributed by atoms with Crippen LogP contribution in [0.1, 0.15) is 18.4 Å². The highest BCUT2D eigenvalue weighted by Crippen LogP contribution is 2.41. The third-order valence-corrected chi connectivity index (χ3v) is 5.02. The van der Waals surface area contributed by atoms with Gasteiger partial charge in [-0.25, -0.2) is 4.98 Å². The predicted molar refractivity (Wildman–Crippen MR) is 106 cm³/mol. The van der Waals surface area contributed by atoms with Crippen LogP contribution in [0.3, 0.4) is 0 Å². The molecule has 3 aromatic rings. The van der Waals surface area contributed by atoms with Gasteiger partial charge in [0, 0.05) is 24.9 Å². The van der Waals surface area contributed by atoms with Crippen LogP contribution in [0.25, 0.3) is 16.9 Å². The first-order chi connectivity index (χ1) is 13.2. The molecule has 6 heteroatoms. The molecule has 1 N–H and O–H groups in total. The van der Waals surface area contributed by atoms with Gasteiger partial charge in [0.05, 0.1) is 20.3 Å². The van der Waals surface area contributed by atoms with E-state index in [9.17, 15) is 0 Å². The van der Waals surface area contributed by atoms with Gasteiger partial charge in [-0.15, -0.1) is 0 Å². The number of nitrogens with zero attached hydrogens (tertiary/aromatic N) is 2. The van der Waals surface area contributed by atoms with Crippen LogP contribution in [-0.2, 0) is 4.74 Å². The molecule has 0 amide bonds. The van der Waals surface area contributed by atoms with Crippen LogP contribution in [0.5, 0.6) is 11.5 Å². The molecule has 1 aromatic carbocycles. The van der Waals surface area contributed by atoms with Gasteiger partial charge in [-0.1, -0.05) is 12.1 Å². The van der Waals surface area contributed by atoms with E-state index in [1.165, 1.54) is 0 Å². The minimum Gasteiger partial charge on any atom is -0.493 e. The fraction of sp³-hybridized carbons (Fsp3) is 0.381. The van der Waals surface area contributed by atoms with Crippen molar-refractivity contribution in [3.8, 4) is 22.8 Å². The normalized spacial score (nSPS) is 16.6. The van der Waals surface area contributed by atoms with E-state index in [-0.39, 0.29) is 6.10 Å². The van der Waals surface area contributed by atoms with Crippen molar-refractivity contribution in [2.24, 2.45) is 0 Å². The average molecular weight is 367 g/mol. The van der Waals surface area contributed by atoms with Crippen LogP contribution in [0, 0.1) is 6.92 Å². The standard InChI is InChI=1S/C21H25N3O3/c1-14-7-5-11-24-20(14)23-18(21(24)22-13-15-8-6-12-27-15)16-9-4-10-17(25-2)19(16)26-3/h4-5,7,9-11,15,22H,6,8,12-13H2,1-3H3. The molecule has 0 saturated carbocycles. The largest absolute Gasteiger partial charge is 0.493 e. The molecule has 0 bridgehead atoms. The zero-order chi connectivity index (χ0) is 18.8. The maximum absolute atomic E-state index is 5.78. The van der Waals surface area contributed by atoms with Gasteiger partial charge in [0.15, 0.2) is 11.5 Å². The highest BCUT2D eigenvalue weighted by atomic mass is 16.5. The molecule has 0 radical (unpaired) electrons. The zero-order valence-corrected chi connectivity index (χ0v) is 16.0. The molecule has 1 unspecified atom stereocenters. The number of para-hydroxylation sites is 1. The number of imidazole rings is 1. The number of aryl methyl sites for hydroxylation is 1. The maximum Gasteiger partial charge on any atom is 0.170 e. The van der Waals surface area contributed by atoms with Gasteiger partial charge in [-0.05, 0) is 43.5 Å². The molecule has 1 fully saturated rings. The Bertz CT molecular complexity index is 945. The van der Waals surface area contributed by atoms with Gasteiger partial charge in [-0.2, -0.15) is 0 Å². The molecule has 1 atom stereocenters. The molecule has 1 saturated heterocycles. The quantitative estimate of drug-likeness (QED) is 0.716. The summed E-state index contributed by atoms with van der Waals surface area (Å²) in [7, 11) is 3.30. The lowest BCUT2D eigenvalue weighted by atomic mass is 10.1. The number of nitrogens with one attached hydrogen (secondary N) is 1. The van der Waals surface area contributed by atoms with Gasteiger partial charge >= 0.3 is 0 Å². The lowest BCUT2D eigenvalue weighted by molar-refractivity contribution is 0.120. The molecule has 0 spiro atoms. The van der Waals surface area contributed by atoms with E-state index < -0.39 is 0 Å². The van der Waals surface area contributed by atoms with Crippen LogP contribution in [0.2, 0.25) is 0 Å². The maximum atomic E-state index is 5.78. The number of pyridine rings is 1. The Kier molecular flexibility index (Phi) is 4.90. The predicted octanol–water partition coefficient (Wildman–Crippen LogP) is 3.92. The van der Waals surface area contributed by atoms with Crippen molar-refractivity contribution in [2.45, 2.75) is 25.9 Å². The van der Waals surface area contributed by atoms with Crippen molar-refractivity contribution in [3.05, 3.63) is 42.1 Å². The second-order valence-electron chi connectivity index (χ2n) is 6.75. The van der Waals surface area contributed by atoms with Gasteiger partial charge in [-0.3, -0.25) is 4.40 Å². The van der Waals surface area contributed by atoms with Gasteiger partial charge in [0.25, 0.3) is 0 Å². The topological polar surface area (TPSA) is 57.0 Å². The molecule has 2 aromatic heterocycles. The zero-order valence-electron chi connectivity index (χ0n) is 16.0. The van der Waals surface area contributed by atoms with Crippen LogP contribution in [0.4, 0.5) is 5.82 Å². The fourth-order valence-corrected chi connectivity index (χ4v) is 3.65. The lowest BCUT2D eigenvalue weighted by Gasteiger charge is -2.15. The summed E-state index contributed by atoms with van der Waals surface area (Å²) in [4.78, 5) is 4.94. The van der Waals surface area contributed by atoms with Crippen molar-refractivity contribution >= 4 is 11.5 Å². The summed E-state index contributed by atoms with van der Waals surface area (Å²) in [5.74, 6) is 2.31. The van der Waals surface area contributed by atoms with Crippen molar-refractivity contribution in [1.82, 2.24) is 9.38 Å². The SMILES string of the molecule is COc1cccc(-c2nc3c(C)cccn3c2NCC2CCCO2)c1OC. The monoisotopic (exact) mass is 367 g/mol. The van der Waals surface area contributed by atoms with E-state index in [0.29, 0.717) is 11.5 Å². The van der Waals surface area contributed by atoms with E-state index in [0.717, 1.165) is 54.3 Å².